The fourth-order valence-corrected chi connectivity index (χ4v) is 6.60. The molecule has 2 atom stereocenters. The molecule has 4 heterocycles. The highest BCUT2D eigenvalue weighted by molar-refractivity contribution is 8.01. The van der Waals surface area contributed by atoms with Crippen LogP contribution in [-0.4, -0.2) is 111 Å². The Morgan fingerprint density at radius 2 is 2.07 bits per heavy atom. The number of anilines is 1. The number of aliphatic carboxylic acids is 1. The van der Waals surface area contributed by atoms with Crippen molar-refractivity contribution in [1.82, 2.24) is 45.1 Å². The van der Waals surface area contributed by atoms with E-state index >= 15 is 0 Å². The molecule has 0 bridgehead atoms. The van der Waals surface area contributed by atoms with Gasteiger partial charge in [-0.3, -0.25) is 14.5 Å². The number of aromatic nitrogens is 6. The molecule has 0 radical (unpaired) electrons. The van der Waals surface area contributed by atoms with Crippen LogP contribution in [0.2, 0.25) is 0 Å². The normalized spacial score (nSPS) is 18.7. The molecule has 0 aromatic carbocycles. The van der Waals surface area contributed by atoms with Gasteiger partial charge >= 0.3 is 12.1 Å². The fraction of sp³-hybridized carbons (Fsp3) is 0.524. The van der Waals surface area contributed by atoms with Crippen molar-refractivity contribution in [2.24, 2.45) is 5.16 Å². The summed E-state index contributed by atoms with van der Waals surface area (Å²) in [7, 11) is 1.24. The molecule has 1 unspecified atom stereocenters. The summed E-state index contributed by atoms with van der Waals surface area (Å²) < 4.78 is 10.6. The number of tetrazole rings is 1. The SMILES string of the molecule is CO/N=C(/C(=O)NC1C(=O)N2C(C(=O)O)=C(CSc3nnnn3CCNC(=O)OC(C)(C)C)CS[C@H]12)c1nsc(N)n1. The average Bonchev–Trinajstić information content (AvgIpc) is 3.55. The van der Waals surface area contributed by atoms with E-state index in [0.717, 1.165) is 16.4 Å². The van der Waals surface area contributed by atoms with Crippen molar-refractivity contribution in [3.8, 4) is 0 Å². The summed E-state index contributed by atoms with van der Waals surface area (Å²) in [6.07, 6.45) is -0.574. The third kappa shape index (κ3) is 7.07. The van der Waals surface area contributed by atoms with Gasteiger partial charge in [0, 0.05) is 29.6 Å². The van der Waals surface area contributed by atoms with Gasteiger partial charge < -0.3 is 31.0 Å². The van der Waals surface area contributed by atoms with E-state index in [1.54, 1.807) is 20.8 Å². The molecular formula is C21H27N11O7S3. The number of hydrogen-bond acceptors (Lipinski definition) is 16. The molecular weight excluding hydrogens is 615 g/mol. The molecule has 0 spiro atoms. The van der Waals surface area contributed by atoms with E-state index in [1.165, 1.54) is 35.3 Å². The number of nitrogens with zero attached hydrogens (tertiary/aromatic N) is 8. The van der Waals surface area contributed by atoms with Crippen LogP contribution in [0.4, 0.5) is 9.93 Å². The number of amides is 3. The van der Waals surface area contributed by atoms with Crippen molar-refractivity contribution in [3.63, 3.8) is 0 Å². The molecule has 0 saturated carbocycles. The van der Waals surface area contributed by atoms with Crippen LogP contribution in [0.25, 0.3) is 0 Å². The Kier molecular flexibility index (Phi) is 9.51. The van der Waals surface area contributed by atoms with E-state index in [2.05, 4.69) is 40.7 Å². The molecule has 2 aliphatic heterocycles. The first kappa shape index (κ1) is 31.0. The number of oxime groups is 1. The van der Waals surface area contributed by atoms with Crippen molar-refractivity contribution in [1.29, 1.82) is 0 Å². The van der Waals surface area contributed by atoms with Crippen molar-refractivity contribution >= 4 is 69.8 Å². The van der Waals surface area contributed by atoms with Gasteiger partial charge in [-0.25, -0.2) is 14.3 Å². The Morgan fingerprint density at radius 3 is 2.71 bits per heavy atom. The lowest BCUT2D eigenvalue weighted by atomic mass is 10.0. The van der Waals surface area contributed by atoms with Crippen LogP contribution in [-0.2, 0) is 30.5 Å². The smallest absolute Gasteiger partial charge is 0.407 e. The first-order valence-corrected chi connectivity index (χ1v) is 15.0. The van der Waals surface area contributed by atoms with Crippen LogP contribution in [0.15, 0.2) is 21.6 Å². The molecule has 0 aliphatic carbocycles. The summed E-state index contributed by atoms with van der Waals surface area (Å²) in [6.45, 7) is 5.71. The van der Waals surface area contributed by atoms with Crippen LogP contribution in [0.5, 0.6) is 0 Å². The van der Waals surface area contributed by atoms with E-state index in [9.17, 15) is 24.3 Å². The highest BCUT2D eigenvalue weighted by Crippen LogP contribution is 2.41. The van der Waals surface area contributed by atoms with Gasteiger partial charge in [0.2, 0.25) is 16.7 Å². The number of nitrogens with two attached hydrogens (primary N) is 1. The fourth-order valence-electron chi connectivity index (χ4n) is 3.78. The topological polar surface area (TPSA) is 242 Å². The average molecular weight is 642 g/mol. The molecule has 2 aliphatic rings. The molecule has 5 N–H and O–H groups in total. The summed E-state index contributed by atoms with van der Waals surface area (Å²) in [5, 5.41) is 30.2. The number of nitrogens with one attached hydrogen (secondary N) is 2. The van der Waals surface area contributed by atoms with Gasteiger partial charge in [-0.1, -0.05) is 16.9 Å². The number of carboxylic acid groups (broad SMARTS) is 1. The summed E-state index contributed by atoms with van der Waals surface area (Å²) in [5.74, 6) is -2.25. The number of β-lactam (4-membered cyclic amide) rings is 1. The zero-order chi connectivity index (χ0) is 30.6. The van der Waals surface area contributed by atoms with Gasteiger partial charge in [0.1, 0.15) is 29.8 Å². The quantitative estimate of drug-likeness (QED) is 0.105. The lowest BCUT2D eigenvalue weighted by molar-refractivity contribution is -0.150. The third-order valence-corrected chi connectivity index (χ3v) is 8.38. The Bertz CT molecular complexity index is 1430. The summed E-state index contributed by atoms with van der Waals surface area (Å²) >= 11 is 3.35. The number of alkyl carbamates (subject to hydrolysis) is 1. The number of carbonyl (C=O) groups is 4. The zero-order valence-corrected chi connectivity index (χ0v) is 25.2. The van der Waals surface area contributed by atoms with E-state index in [0.29, 0.717) is 10.7 Å². The van der Waals surface area contributed by atoms with Gasteiger partial charge in [-0.2, -0.15) is 9.36 Å². The van der Waals surface area contributed by atoms with Gasteiger partial charge in [0.15, 0.2) is 5.13 Å². The van der Waals surface area contributed by atoms with Crippen molar-refractivity contribution in [2.45, 2.75) is 49.5 Å². The second kappa shape index (κ2) is 12.9. The lowest BCUT2D eigenvalue weighted by Crippen LogP contribution is -2.71. The number of carboxylic acids is 1. The predicted molar refractivity (Wildman–Crippen MR) is 150 cm³/mol. The van der Waals surface area contributed by atoms with Gasteiger partial charge in [0.25, 0.3) is 11.8 Å². The van der Waals surface area contributed by atoms with Crippen LogP contribution in [0, 0.1) is 0 Å². The molecule has 2 aromatic heterocycles. The standard InChI is InChI=1S/C21H27N11O7S3/c1-21(2,3)39-20(37)23-5-6-31-19(26-29-30-31)41-8-9-7-40-16-11(15(34)32(16)12(9)17(35)36)24-14(33)10(27-38-4)13-25-18(22)42-28-13/h11,16H,5-8H2,1-4H3,(H,23,37)(H,24,33)(H,35,36)(H2,22,25,28)/b27-10+/t11?,16-/m1/s1. The van der Waals surface area contributed by atoms with E-state index in [1.807, 2.05) is 0 Å². The molecule has 42 heavy (non-hydrogen) atoms. The number of ether oxygens (including phenoxy) is 1. The molecule has 21 heteroatoms. The Hall–Kier alpha value is -3.98. The van der Waals surface area contributed by atoms with Gasteiger partial charge in [-0.15, -0.1) is 16.9 Å². The number of fused-ring (bicyclic) bond motifs is 1. The molecule has 4 rings (SSSR count). The van der Waals surface area contributed by atoms with Crippen LogP contribution in [0.1, 0.15) is 26.6 Å². The highest BCUT2D eigenvalue weighted by Gasteiger charge is 2.54. The number of nitrogen functional groups attached to an aromatic ring is 1. The minimum absolute atomic E-state index is 0.0647. The number of rotatable bonds is 11. The van der Waals surface area contributed by atoms with Crippen molar-refractivity contribution in [3.05, 3.63) is 17.1 Å². The number of thioether (sulfide) groups is 2. The molecule has 1 saturated heterocycles. The Balaban J connectivity index is 1.39. The maximum absolute atomic E-state index is 13.1. The maximum Gasteiger partial charge on any atom is 0.407 e. The first-order chi connectivity index (χ1) is 19.9. The van der Waals surface area contributed by atoms with Crippen molar-refractivity contribution in [2.75, 3.05) is 30.9 Å². The monoisotopic (exact) mass is 641 g/mol. The van der Waals surface area contributed by atoms with E-state index in [4.69, 9.17) is 15.3 Å². The number of carbonyl (C=O) groups excluding carboxylic acids is 3. The second-order valence-electron chi connectivity index (χ2n) is 9.60. The second-order valence-corrected chi connectivity index (χ2v) is 12.4. The molecule has 1 fully saturated rings. The number of hydrogen-bond donors (Lipinski definition) is 4. The molecule has 2 aromatic rings. The minimum Gasteiger partial charge on any atom is -0.477 e. The molecule has 226 valence electrons. The third-order valence-electron chi connectivity index (χ3n) is 5.45. The minimum atomic E-state index is -1.28. The Labute approximate surface area is 251 Å². The summed E-state index contributed by atoms with van der Waals surface area (Å²) in [4.78, 5) is 59.8. The lowest BCUT2D eigenvalue weighted by Gasteiger charge is -2.49. The first-order valence-electron chi connectivity index (χ1n) is 12.2. The van der Waals surface area contributed by atoms with Crippen LogP contribution < -0.4 is 16.4 Å². The van der Waals surface area contributed by atoms with Crippen LogP contribution >= 0.6 is 35.1 Å². The summed E-state index contributed by atoms with van der Waals surface area (Å²) in [5.41, 5.74) is 5.00. The van der Waals surface area contributed by atoms with E-state index in [-0.39, 0.29) is 47.0 Å². The van der Waals surface area contributed by atoms with Gasteiger partial charge in [-0.05, 0) is 36.8 Å². The van der Waals surface area contributed by atoms with E-state index < -0.39 is 40.9 Å². The molecule has 18 nitrogen and oxygen atoms in total. The Morgan fingerprint density at radius 1 is 1.31 bits per heavy atom. The highest BCUT2D eigenvalue weighted by atomic mass is 32.2. The van der Waals surface area contributed by atoms with Crippen molar-refractivity contribution < 1.29 is 33.9 Å². The largest absolute Gasteiger partial charge is 0.477 e. The maximum atomic E-state index is 13.1. The zero-order valence-electron chi connectivity index (χ0n) is 22.8. The van der Waals surface area contributed by atoms with Gasteiger partial charge in [0.05, 0.1) is 6.54 Å². The molecule has 3 amide bonds. The van der Waals surface area contributed by atoms with Crippen LogP contribution in [0.3, 0.4) is 0 Å². The predicted octanol–water partition coefficient (Wildman–Crippen LogP) is -0.487. The summed E-state index contributed by atoms with van der Waals surface area (Å²) in [6, 6.07) is -1.01.